The third-order valence-corrected chi connectivity index (χ3v) is 3.55. The van der Waals surface area contributed by atoms with E-state index in [0.717, 1.165) is 19.5 Å². The molecule has 0 aliphatic carbocycles. The van der Waals surface area contributed by atoms with Gasteiger partial charge in [-0.3, -0.25) is 0 Å². The molecule has 1 aromatic rings. The molecule has 0 bridgehead atoms. The van der Waals surface area contributed by atoms with E-state index in [1.165, 1.54) is 18.9 Å². The summed E-state index contributed by atoms with van der Waals surface area (Å²) in [6.45, 7) is 1.86. The summed E-state index contributed by atoms with van der Waals surface area (Å²) < 4.78 is 13.7. The minimum absolute atomic E-state index is 0.354. The van der Waals surface area contributed by atoms with Crippen LogP contribution in [0.25, 0.3) is 0 Å². The smallest absolute Gasteiger partial charge is 0.147 e. The number of anilines is 1. The van der Waals surface area contributed by atoms with Gasteiger partial charge in [0.05, 0.1) is 17.3 Å². The number of likely N-dealkylation sites (tertiary alicyclic amines) is 1. The molecule has 1 aliphatic rings. The quantitative estimate of drug-likeness (QED) is 0.892. The lowest BCUT2D eigenvalue weighted by Gasteiger charge is -2.32. The van der Waals surface area contributed by atoms with Gasteiger partial charge < -0.3 is 10.2 Å². The van der Waals surface area contributed by atoms with Crippen LogP contribution in [0.5, 0.6) is 0 Å². The summed E-state index contributed by atoms with van der Waals surface area (Å²) in [6.07, 6.45) is 3.65. The summed E-state index contributed by atoms with van der Waals surface area (Å²) in [7, 11) is 2.11. The van der Waals surface area contributed by atoms with E-state index in [2.05, 4.69) is 17.3 Å². The summed E-state index contributed by atoms with van der Waals surface area (Å²) in [5, 5.41) is 11.8. The first kappa shape index (κ1) is 12.8. The topological polar surface area (TPSA) is 39.1 Å². The molecule has 1 aromatic carbocycles. The lowest BCUT2D eigenvalue weighted by Crippen LogP contribution is -2.40. The zero-order valence-electron chi connectivity index (χ0n) is 10.6. The number of benzene rings is 1. The molecular formula is C14H18FN3. The second-order valence-electron chi connectivity index (χ2n) is 4.82. The van der Waals surface area contributed by atoms with Gasteiger partial charge in [0.25, 0.3) is 0 Å². The number of rotatable bonds is 3. The summed E-state index contributed by atoms with van der Waals surface area (Å²) in [5.41, 5.74) is 0.834. The standard InChI is InChI=1S/C14H18FN3/c1-18-7-3-2-4-12(18)10-17-14-6-5-11(9-16)8-13(14)15/h5-6,8,12,17H,2-4,7,10H2,1H3. The van der Waals surface area contributed by atoms with Crippen LogP contribution >= 0.6 is 0 Å². The molecule has 0 spiro atoms. The van der Waals surface area contributed by atoms with Gasteiger partial charge in [0.1, 0.15) is 5.82 Å². The minimum Gasteiger partial charge on any atom is -0.381 e. The van der Waals surface area contributed by atoms with E-state index in [1.807, 2.05) is 6.07 Å². The van der Waals surface area contributed by atoms with Crippen LogP contribution in [0.1, 0.15) is 24.8 Å². The number of halogens is 1. The van der Waals surface area contributed by atoms with Gasteiger partial charge in [0.2, 0.25) is 0 Å². The molecule has 4 heteroatoms. The zero-order valence-corrected chi connectivity index (χ0v) is 10.6. The van der Waals surface area contributed by atoms with E-state index in [1.54, 1.807) is 12.1 Å². The molecule has 0 amide bonds. The molecule has 0 radical (unpaired) electrons. The van der Waals surface area contributed by atoms with Crippen molar-refractivity contribution in [3.63, 3.8) is 0 Å². The van der Waals surface area contributed by atoms with Crippen LogP contribution in [0.2, 0.25) is 0 Å². The molecule has 0 saturated carbocycles. The third kappa shape index (κ3) is 2.99. The minimum atomic E-state index is -0.354. The monoisotopic (exact) mass is 247 g/mol. The highest BCUT2D eigenvalue weighted by Gasteiger charge is 2.18. The molecule has 96 valence electrons. The molecular weight excluding hydrogens is 229 g/mol. The average molecular weight is 247 g/mol. The van der Waals surface area contributed by atoms with Crippen LogP contribution in [0.15, 0.2) is 18.2 Å². The summed E-state index contributed by atoms with van der Waals surface area (Å²) in [5.74, 6) is -0.354. The van der Waals surface area contributed by atoms with Crippen molar-refractivity contribution in [2.75, 3.05) is 25.5 Å². The predicted octanol–water partition coefficient (Wildman–Crippen LogP) is 2.59. The second-order valence-corrected chi connectivity index (χ2v) is 4.82. The van der Waals surface area contributed by atoms with Gasteiger partial charge in [0, 0.05) is 12.6 Å². The van der Waals surface area contributed by atoms with Crippen LogP contribution in [-0.2, 0) is 0 Å². The van der Waals surface area contributed by atoms with Crippen LogP contribution in [-0.4, -0.2) is 31.1 Å². The molecule has 1 saturated heterocycles. The van der Waals surface area contributed by atoms with E-state index >= 15 is 0 Å². The number of hydrogen-bond donors (Lipinski definition) is 1. The maximum absolute atomic E-state index is 13.7. The summed E-state index contributed by atoms with van der Waals surface area (Å²) >= 11 is 0. The van der Waals surface area contributed by atoms with E-state index in [-0.39, 0.29) is 5.82 Å². The van der Waals surface area contributed by atoms with Crippen molar-refractivity contribution in [3.8, 4) is 6.07 Å². The SMILES string of the molecule is CN1CCCCC1CNc1ccc(C#N)cc1F. The molecule has 1 fully saturated rings. The van der Waals surface area contributed by atoms with Crippen molar-refractivity contribution < 1.29 is 4.39 Å². The fourth-order valence-corrected chi connectivity index (χ4v) is 2.36. The summed E-state index contributed by atoms with van der Waals surface area (Å²) in [4.78, 5) is 2.32. The largest absolute Gasteiger partial charge is 0.381 e. The Morgan fingerprint density at radius 1 is 1.50 bits per heavy atom. The second kappa shape index (κ2) is 5.83. The molecule has 1 aliphatic heterocycles. The van der Waals surface area contributed by atoms with Crippen molar-refractivity contribution in [3.05, 3.63) is 29.6 Å². The Hall–Kier alpha value is -1.60. The highest BCUT2D eigenvalue weighted by Crippen LogP contribution is 2.18. The van der Waals surface area contributed by atoms with Gasteiger partial charge in [0.15, 0.2) is 0 Å². The first-order valence-electron chi connectivity index (χ1n) is 6.34. The maximum atomic E-state index is 13.7. The van der Waals surface area contributed by atoms with Gasteiger partial charge in [-0.15, -0.1) is 0 Å². The number of nitrogens with zero attached hydrogens (tertiary/aromatic N) is 2. The molecule has 3 nitrogen and oxygen atoms in total. The number of nitriles is 1. The summed E-state index contributed by atoms with van der Waals surface area (Å²) in [6, 6.07) is 6.94. The normalized spacial score (nSPS) is 20.4. The van der Waals surface area contributed by atoms with E-state index in [0.29, 0.717) is 17.3 Å². The van der Waals surface area contributed by atoms with Crippen LogP contribution in [0.4, 0.5) is 10.1 Å². The highest BCUT2D eigenvalue weighted by atomic mass is 19.1. The van der Waals surface area contributed by atoms with E-state index < -0.39 is 0 Å². The van der Waals surface area contributed by atoms with Crippen molar-refractivity contribution >= 4 is 5.69 Å². The van der Waals surface area contributed by atoms with Crippen molar-refractivity contribution in [2.45, 2.75) is 25.3 Å². The van der Waals surface area contributed by atoms with Gasteiger partial charge in [-0.2, -0.15) is 5.26 Å². The Labute approximate surface area is 107 Å². The predicted molar refractivity (Wildman–Crippen MR) is 69.9 cm³/mol. The Kier molecular flexibility index (Phi) is 4.16. The highest BCUT2D eigenvalue weighted by molar-refractivity contribution is 5.48. The number of piperidine rings is 1. The van der Waals surface area contributed by atoms with Crippen LogP contribution < -0.4 is 5.32 Å². The lowest BCUT2D eigenvalue weighted by molar-refractivity contribution is 0.194. The van der Waals surface area contributed by atoms with Gasteiger partial charge in [-0.25, -0.2) is 4.39 Å². The van der Waals surface area contributed by atoms with E-state index in [9.17, 15) is 4.39 Å². The van der Waals surface area contributed by atoms with Crippen molar-refractivity contribution in [1.82, 2.24) is 4.90 Å². The van der Waals surface area contributed by atoms with Crippen molar-refractivity contribution in [1.29, 1.82) is 5.26 Å². The molecule has 2 rings (SSSR count). The van der Waals surface area contributed by atoms with E-state index in [4.69, 9.17) is 5.26 Å². The Balaban J connectivity index is 1.95. The fourth-order valence-electron chi connectivity index (χ4n) is 2.36. The molecule has 0 aromatic heterocycles. The number of hydrogen-bond acceptors (Lipinski definition) is 3. The Morgan fingerprint density at radius 2 is 2.33 bits per heavy atom. The average Bonchev–Trinajstić information content (AvgIpc) is 2.39. The molecule has 18 heavy (non-hydrogen) atoms. The molecule has 1 N–H and O–H groups in total. The van der Waals surface area contributed by atoms with Crippen molar-refractivity contribution in [2.24, 2.45) is 0 Å². The number of nitrogens with one attached hydrogen (secondary N) is 1. The maximum Gasteiger partial charge on any atom is 0.147 e. The molecule has 1 atom stereocenters. The first-order valence-corrected chi connectivity index (χ1v) is 6.34. The third-order valence-electron chi connectivity index (χ3n) is 3.55. The van der Waals surface area contributed by atoms with Gasteiger partial charge in [-0.1, -0.05) is 6.42 Å². The molecule has 1 unspecified atom stereocenters. The lowest BCUT2D eigenvalue weighted by atomic mass is 10.0. The fraction of sp³-hybridized carbons (Fsp3) is 0.500. The zero-order chi connectivity index (χ0) is 13.0. The number of likely N-dealkylation sites (N-methyl/N-ethyl adjacent to an activating group) is 1. The van der Waals surface area contributed by atoms with Crippen LogP contribution in [0, 0.1) is 17.1 Å². The first-order chi connectivity index (χ1) is 8.70. The van der Waals surface area contributed by atoms with Crippen LogP contribution in [0.3, 0.4) is 0 Å². The molecule has 1 heterocycles. The van der Waals surface area contributed by atoms with Gasteiger partial charge in [-0.05, 0) is 44.6 Å². The van der Waals surface area contributed by atoms with Gasteiger partial charge >= 0.3 is 0 Å². The Morgan fingerprint density at radius 3 is 3.00 bits per heavy atom. The Bertz CT molecular complexity index is 453.